The molecular formula is C18H26FN5O4. The Balaban J connectivity index is 1.67. The Hall–Kier alpha value is -2.43. The summed E-state index contributed by atoms with van der Waals surface area (Å²) in [5.41, 5.74) is 0.915. The van der Waals surface area contributed by atoms with Crippen LogP contribution in [0.25, 0.3) is 0 Å². The monoisotopic (exact) mass is 395 g/mol. The first kappa shape index (κ1) is 20.3. The van der Waals surface area contributed by atoms with Crippen LogP contribution in [0.4, 0.5) is 20.6 Å². The van der Waals surface area contributed by atoms with Gasteiger partial charge in [0.25, 0.3) is 0 Å². The van der Waals surface area contributed by atoms with Gasteiger partial charge in [0.2, 0.25) is 5.91 Å². The number of halogens is 1. The van der Waals surface area contributed by atoms with Gasteiger partial charge in [0.15, 0.2) is 0 Å². The minimum atomic E-state index is -0.626. The zero-order chi connectivity index (χ0) is 20.3. The molecule has 154 valence electrons. The number of hydrogen-bond donors (Lipinski definition) is 2. The van der Waals surface area contributed by atoms with Gasteiger partial charge in [-0.05, 0) is 18.2 Å². The summed E-state index contributed by atoms with van der Waals surface area (Å²) in [4.78, 5) is 26.6. The van der Waals surface area contributed by atoms with Crippen LogP contribution in [0.5, 0.6) is 0 Å². The highest BCUT2D eigenvalue weighted by Gasteiger charge is 2.33. The number of benzene rings is 1. The van der Waals surface area contributed by atoms with Crippen LogP contribution in [-0.2, 0) is 9.53 Å². The van der Waals surface area contributed by atoms with Crippen LogP contribution in [-0.4, -0.2) is 93.2 Å². The number of nitrogens with one attached hydrogen (secondary N) is 1. The molecule has 0 saturated carbocycles. The Morgan fingerprint density at radius 2 is 1.93 bits per heavy atom. The van der Waals surface area contributed by atoms with E-state index in [0.717, 1.165) is 13.1 Å². The van der Waals surface area contributed by atoms with Crippen molar-refractivity contribution in [3.05, 3.63) is 24.0 Å². The van der Waals surface area contributed by atoms with E-state index in [1.165, 1.54) is 11.0 Å². The standard InChI is InChI=1S/C18H26FN5O4/c1-21-5-7-23(8-6-22(21)2)16-4-3-13(9-15(16)19)24-11-14(28-18(24)27)10-20-17(26)12-25/h3-4,9,14,25H,5-8,10-12H2,1-2H3,(H,20,26)/t14-/m0/s1. The number of rotatable bonds is 5. The minimum Gasteiger partial charge on any atom is -0.442 e. The number of hydrogen-bond acceptors (Lipinski definition) is 7. The molecule has 0 spiro atoms. The number of aliphatic hydroxyl groups is 1. The van der Waals surface area contributed by atoms with Crippen LogP contribution in [0.1, 0.15) is 0 Å². The molecule has 2 amide bonds. The van der Waals surface area contributed by atoms with Crippen molar-refractivity contribution in [1.82, 2.24) is 15.3 Å². The van der Waals surface area contributed by atoms with Gasteiger partial charge in [0, 0.05) is 40.3 Å². The highest BCUT2D eigenvalue weighted by molar-refractivity contribution is 5.90. The Bertz CT molecular complexity index is 722. The van der Waals surface area contributed by atoms with Crippen LogP contribution < -0.4 is 15.1 Å². The maximum absolute atomic E-state index is 14.8. The second kappa shape index (κ2) is 8.72. The lowest BCUT2D eigenvalue weighted by Crippen LogP contribution is -2.37. The number of anilines is 2. The first-order valence-electron chi connectivity index (χ1n) is 9.21. The van der Waals surface area contributed by atoms with Crippen molar-refractivity contribution in [2.75, 3.05) is 69.8 Å². The fraction of sp³-hybridized carbons (Fsp3) is 0.556. The topological polar surface area (TPSA) is 88.6 Å². The molecule has 0 aromatic heterocycles. The van der Waals surface area contributed by atoms with E-state index in [1.807, 2.05) is 19.0 Å². The van der Waals surface area contributed by atoms with Crippen LogP contribution in [0.15, 0.2) is 18.2 Å². The number of nitrogens with zero attached hydrogens (tertiary/aromatic N) is 4. The second-order valence-corrected chi connectivity index (χ2v) is 6.96. The number of aliphatic hydroxyl groups excluding tert-OH is 1. The maximum atomic E-state index is 14.8. The van der Waals surface area contributed by atoms with Crippen LogP contribution in [0, 0.1) is 5.82 Å². The van der Waals surface area contributed by atoms with Gasteiger partial charge >= 0.3 is 6.09 Å². The third-order valence-corrected chi connectivity index (χ3v) is 5.10. The van der Waals surface area contributed by atoms with E-state index in [4.69, 9.17) is 9.84 Å². The molecule has 28 heavy (non-hydrogen) atoms. The van der Waals surface area contributed by atoms with Crippen molar-refractivity contribution in [2.45, 2.75) is 6.10 Å². The van der Waals surface area contributed by atoms with Crippen molar-refractivity contribution in [1.29, 1.82) is 0 Å². The molecule has 2 fully saturated rings. The number of amides is 2. The van der Waals surface area contributed by atoms with Gasteiger partial charge in [0.05, 0.1) is 24.5 Å². The quantitative estimate of drug-likeness (QED) is 0.717. The summed E-state index contributed by atoms with van der Waals surface area (Å²) in [5.74, 6) is -0.937. The molecule has 0 bridgehead atoms. The summed E-state index contributed by atoms with van der Waals surface area (Å²) in [6, 6.07) is 4.72. The van der Waals surface area contributed by atoms with Crippen molar-refractivity contribution in [3.63, 3.8) is 0 Å². The van der Waals surface area contributed by atoms with Crippen molar-refractivity contribution >= 4 is 23.4 Å². The molecular weight excluding hydrogens is 369 g/mol. The molecule has 2 aliphatic rings. The van der Waals surface area contributed by atoms with Crippen molar-refractivity contribution in [3.8, 4) is 0 Å². The summed E-state index contributed by atoms with van der Waals surface area (Å²) in [6.07, 6.45) is -1.14. The lowest BCUT2D eigenvalue weighted by atomic mass is 10.2. The summed E-state index contributed by atoms with van der Waals surface area (Å²) < 4.78 is 20.0. The van der Waals surface area contributed by atoms with Gasteiger partial charge in [0.1, 0.15) is 18.5 Å². The summed E-state index contributed by atoms with van der Waals surface area (Å²) >= 11 is 0. The van der Waals surface area contributed by atoms with E-state index in [2.05, 4.69) is 15.3 Å². The summed E-state index contributed by atoms with van der Waals surface area (Å²) in [5, 5.41) is 15.4. The molecule has 1 atom stereocenters. The molecule has 10 heteroatoms. The smallest absolute Gasteiger partial charge is 0.414 e. The molecule has 1 aromatic carbocycles. The summed E-state index contributed by atoms with van der Waals surface area (Å²) in [7, 11) is 4.00. The molecule has 0 aliphatic carbocycles. The first-order chi connectivity index (χ1) is 13.4. The van der Waals surface area contributed by atoms with E-state index < -0.39 is 30.5 Å². The van der Waals surface area contributed by atoms with E-state index in [0.29, 0.717) is 24.5 Å². The number of hydrazine groups is 1. The van der Waals surface area contributed by atoms with Gasteiger partial charge in [-0.3, -0.25) is 9.69 Å². The Kier molecular flexibility index (Phi) is 6.32. The van der Waals surface area contributed by atoms with Gasteiger partial charge in [-0.25, -0.2) is 19.2 Å². The second-order valence-electron chi connectivity index (χ2n) is 6.96. The van der Waals surface area contributed by atoms with Crippen molar-refractivity contribution in [2.24, 2.45) is 0 Å². The zero-order valence-electron chi connectivity index (χ0n) is 16.1. The number of cyclic esters (lactones) is 1. The molecule has 2 N–H and O–H groups in total. The Labute approximate surface area is 163 Å². The molecule has 2 aliphatic heterocycles. The van der Waals surface area contributed by atoms with Gasteiger partial charge in [-0.1, -0.05) is 0 Å². The number of carbonyl (C=O) groups is 2. The molecule has 0 unspecified atom stereocenters. The van der Waals surface area contributed by atoms with Gasteiger partial charge in [-0.2, -0.15) is 0 Å². The van der Waals surface area contributed by atoms with Gasteiger partial charge < -0.3 is 20.1 Å². The number of likely N-dealkylation sites (N-methyl/N-ethyl adjacent to an activating group) is 2. The maximum Gasteiger partial charge on any atom is 0.414 e. The van der Waals surface area contributed by atoms with Crippen molar-refractivity contribution < 1.29 is 23.8 Å². The third kappa shape index (κ3) is 4.51. The Morgan fingerprint density at radius 3 is 2.54 bits per heavy atom. The highest BCUT2D eigenvalue weighted by atomic mass is 19.1. The predicted molar refractivity (Wildman–Crippen MR) is 102 cm³/mol. The lowest BCUT2D eigenvalue weighted by Gasteiger charge is -2.24. The molecule has 0 radical (unpaired) electrons. The predicted octanol–water partition coefficient (Wildman–Crippen LogP) is -0.142. The average Bonchev–Trinajstić information content (AvgIpc) is 2.98. The van der Waals surface area contributed by atoms with E-state index >= 15 is 0 Å². The van der Waals surface area contributed by atoms with Gasteiger partial charge in [-0.15, -0.1) is 0 Å². The molecule has 9 nitrogen and oxygen atoms in total. The third-order valence-electron chi connectivity index (χ3n) is 5.10. The van der Waals surface area contributed by atoms with E-state index in [9.17, 15) is 14.0 Å². The average molecular weight is 395 g/mol. The first-order valence-corrected chi connectivity index (χ1v) is 9.21. The Morgan fingerprint density at radius 1 is 1.25 bits per heavy atom. The molecule has 1 aromatic rings. The normalized spacial score (nSPS) is 21.6. The molecule has 2 heterocycles. The fourth-order valence-corrected chi connectivity index (χ4v) is 3.27. The molecule has 2 saturated heterocycles. The van der Waals surface area contributed by atoms with Crippen LogP contribution in [0.3, 0.4) is 0 Å². The SMILES string of the molecule is CN1CCN(c2ccc(N3C[C@H](CNC(=O)CO)OC3=O)cc2F)CCN1C. The van der Waals surface area contributed by atoms with E-state index in [-0.39, 0.29) is 13.1 Å². The molecule has 3 rings (SSSR count). The highest BCUT2D eigenvalue weighted by Crippen LogP contribution is 2.28. The number of carbonyl (C=O) groups excluding carboxylic acids is 2. The van der Waals surface area contributed by atoms with E-state index in [1.54, 1.807) is 12.1 Å². The number of ether oxygens (including phenoxy) is 1. The van der Waals surface area contributed by atoms with Crippen LogP contribution >= 0.6 is 0 Å². The minimum absolute atomic E-state index is 0.0943. The fourth-order valence-electron chi connectivity index (χ4n) is 3.27. The zero-order valence-corrected chi connectivity index (χ0v) is 16.1. The summed E-state index contributed by atoms with van der Waals surface area (Å²) in [6.45, 7) is 2.65. The van der Waals surface area contributed by atoms with Crippen LogP contribution in [0.2, 0.25) is 0 Å². The largest absolute Gasteiger partial charge is 0.442 e. The lowest BCUT2D eigenvalue weighted by molar-refractivity contribution is -0.124.